The van der Waals surface area contributed by atoms with Crippen LogP contribution in [0.3, 0.4) is 0 Å². The van der Waals surface area contributed by atoms with Gasteiger partial charge in [0.05, 0.1) is 74.3 Å². The zero-order valence-electron chi connectivity index (χ0n) is 77.9. The van der Waals surface area contributed by atoms with Crippen LogP contribution in [-0.2, 0) is 38.1 Å². The molecule has 4 aromatic rings. The first-order valence-corrected chi connectivity index (χ1v) is 49.9. The first kappa shape index (κ1) is 111. The number of benzene rings is 4. The molecule has 4 fully saturated rings. The van der Waals surface area contributed by atoms with Crippen molar-refractivity contribution in [1.29, 1.82) is 0 Å². The summed E-state index contributed by atoms with van der Waals surface area (Å²) in [5, 5.41) is 84.0. The van der Waals surface area contributed by atoms with Gasteiger partial charge in [-0.25, -0.2) is 0 Å². The SMILES string of the molecule is CCCCCC(O)c1ccc(C2C(C/C=C\CCCC(=O)OC(C)C)[C@H](Cl)C[C@H]2O)cc1.CCCCCC(O)c1ccc([C@@H]2[C@@H](C/C=C\CCCC(=O)OC)[C@H](Cl)C[C@H]2O)cc1.CCCCC[C@@H](O)c1ccc([C@@H]2[C@@H](C/C=C\CCCC(=O)OC(C)C)[C@H](Cl)C[C@H]2O)cc1.CCCCC[C@H](O)c1ccc([C@@H]2[C@@H](C/C=C\CCCC(=O)OC(C)C)[C@H](Cl)C[C@H]2O)cc1. The maximum Gasteiger partial charge on any atom is 0.306 e. The molecule has 8 N–H and O–H groups in total. The molecule has 0 radical (unpaired) electrons. The van der Waals surface area contributed by atoms with Crippen LogP contribution in [0, 0.1) is 23.7 Å². The maximum absolute atomic E-state index is 11.6. The van der Waals surface area contributed by atoms with Gasteiger partial charge in [-0.05, 0) is 238 Å². The molecule has 0 saturated heterocycles. The smallest absolute Gasteiger partial charge is 0.306 e. The highest BCUT2D eigenvalue weighted by Crippen LogP contribution is 2.49. The van der Waals surface area contributed by atoms with Crippen LogP contribution in [0.2, 0.25) is 0 Å². The Bertz CT molecular complexity index is 3430. The quantitative estimate of drug-likeness (QED) is 0.00671. The molecule has 20 atom stereocenters. The number of aliphatic hydroxyl groups excluding tert-OH is 8. The van der Waals surface area contributed by atoms with Crippen LogP contribution >= 0.6 is 46.4 Å². The molecule has 708 valence electrons. The average molecular weight is 1830 g/mol. The van der Waals surface area contributed by atoms with Gasteiger partial charge in [0, 0.05) is 70.9 Å². The summed E-state index contributed by atoms with van der Waals surface area (Å²) in [6.07, 6.45) is 43.2. The number of alkyl halides is 4. The summed E-state index contributed by atoms with van der Waals surface area (Å²) in [4.78, 5) is 46.0. The summed E-state index contributed by atoms with van der Waals surface area (Å²) in [7, 11) is 1.41. The molecule has 4 aliphatic rings. The normalized spacial score (nSPS) is 24.5. The van der Waals surface area contributed by atoms with Crippen molar-refractivity contribution < 1.29 is 79.0 Å². The highest BCUT2D eigenvalue weighted by atomic mass is 35.5. The number of hydrogen-bond donors (Lipinski definition) is 8. The fourth-order valence-electron chi connectivity index (χ4n) is 18.1. The maximum atomic E-state index is 11.6. The molecule has 4 aliphatic carbocycles. The van der Waals surface area contributed by atoms with Gasteiger partial charge in [-0.2, -0.15) is 0 Å². The zero-order valence-corrected chi connectivity index (χ0v) is 81.0. The summed E-state index contributed by atoms with van der Waals surface area (Å²) in [6, 6.07) is 32.2. The van der Waals surface area contributed by atoms with Crippen molar-refractivity contribution in [3.63, 3.8) is 0 Å². The number of esters is 4. The van der Waals surface area contributed by atoms with E-state index in [0.29, 0.717) is 51.4 Å². The standard InChI is InChI=1S/3C27H41ClO4.C25H37ClO4/c3*1-4-5-8-12-24(29)20-14-16-21(17-15-20)27-22(23(28)18-25(27)30)11-9-6-7-10-13-26(31)32-19(2)3;1-3-4-7-11-22(27)18-13-15-19(16-14-18)25-20(21(26)17-23(25)28)10-8-5-6-9-12-24(29)30-2/h3*6,9,14-17,19,22-25,27,29-30H,4-5,7-8,10-13,18H2,1-3H3;5,8,13-16,20-23,25,27-28H,3-4,6-7,9-12,17H2,1-2H3/b3*9-6-;8-5-/t22?,23-,24?,25-,27?;22-,23+,24+,25+,27+;22-,23+,24-,25+,27+;20-,21+,22?,23+,25+/m1000/s1. The van der Waals surface area contributed by atoms with Gasteiger partial charge in [-0.1, -0.05) is 250 Å². The van der Waals surface area contributed by atoms with Gasteiger partial charge in [-0.15, -0.1) is 46.4 Å². The van der Waals surface area contributed by atoms with Crippen molar-refractivity contribution in [2.75, 3.05) is 7.11 Å². The Morgan fingerprint density at radius 3 is 0.698 bits per heavy atom. The van der Waals surface area contributed by atoms with Crippen LogP contribution in [0.15, 0.2) is 146 Å². The highest BCUT2D eigenvalue weighted by molar-refractivity contribution is 6.22. The Labute approximate surface area is 777 Å². The number of rotatable bonds is 51. The van der Waals surface area contributed by atoms with Crippen molar-refractivity contribution >= 4 is 70.3 Å². The van der Waals surface area contributed by atoms with E-state index in [1.54, 1.807) is 0 Å². The molecule has 126 heavy (non-hydrogen) atoms. The van der Waals surface area contributed by atoms with Gasteiger partial charge in [0.1, 0.15) is 0 Å². The summed E-state index contributed by atoms with van der Waals surface area (Å²) in [5.74, 6) is 0.0155. The molecule has 0 aromatic heterocycles. The van der Waals surface area contributed by atoms with Gasteiger partial charge in [0.25, 0.3) is 0 Å². The lowest BCUT2D eigenvalue weighted by Crippen LogP contribution is -2.18. The first-order valence-electron chi connectivity index (χ1n) is 48.1. The van der Waals surface area contributed by atoms with E-state index in [2.05, 4.69) is 81.0 Å². The van der Waals surface area contributed by atoms with Crippen LogP contribution < -0.4 is 0 Å². The molecule has 0 bridgehead atoms. The summed E-state index contributed by atoms with van der Waals surface area (Å²) in [5.41, 5.74) is 8.08. The predicted molar refractivity (Wildman–Crippen MR) is 514 cm³/mol. The Kier molecular flexibility index (Phi) is 55.4. The van der Waals surface area contributed by atoms with E-state index in [1.165, 1.54) is 7.11 Å². The Morgan fingerprint density at radius 2 is 0.516 bits per heavy atom. The van der Waals surface area contributed by atoms with E-state index in [0.717, 1.165) is 224 Å². The van der Waals surface area contributed by atoms with Gasteiger partial charge in [-0.3, -0.25) is 19.2 Å². The number of aliphatic hydroxyl groups is 8. The summed E-state index contributed by atoms with van der Waals surface area (Å²) >= 11 is 26.4. The van der Waals surface area contributed by atoms with E-state index in [1.807, 2.05) is 139 Å². The minimum absolute atomic E-state index is 0.00139. The number of methoxy groups -OCH3 is 1. The Hall–Kier alpha value is -5.44. The number of unbranched alkanes of at least 4 members (excludes halogenated alkanes) is 12. The third-order valence-electron chi connectivity index (χ3n) is 25.0. The predicted octanol–water partition coefficient (Wildman–Crippen LogP) is 25.0. The summed E-state index contributed by atoms with van der Waals surface area (Å²) in [6.45, 7) is 19.8. The van der Waals surface area contributed by atoms with Crippen molar-refractivity contribution in [2.45, 2.75) is 413 Å². The van der Waals surface area contributed by atoms with Gasteiger partial charge in [0.2, 0.25) is 0 Å². The fraction of sp³-hybridized carbons (Fsp3) is 0.660. The number of halogens is 4. The monoisotopic (exact) mass is 1830 g/mol. The minimum Gasteiger partial charge on any atom is -0.469 e. The topological polar surface area (TPSA) is 267 Å². The molecule has 4 saturated carbocycles. The van der Waals surface area contributed by atoms with Crippen LogP contribution in [0.25, 0.3) is 0 Å². The highest BCUT2D eigenvalue weighted by Gasteiger charge is 2.45. The van der Waals surface area contributed by atoms with Crippen LogP contribution in [0.1, 0.15) is 393 Å². The van der Waals surface area contributed by atoms with Crippen molar-refractivity contribution in [1.82, 2.24) is 0 Å². The molecule has 0 aliphatic heterocycles. The molecule has 4 unspecified atom stereocenters. The van der Waals surface area contributed by atoms with E-state index >= 15 is 0 Å². The Morgan fingerprint density at radius 1 is 0.317 bits per heavy atom. The van der Waals surface area contributed by atoms with E-state index in [-0.39, 0.29) is 111 Å². The van der Waals surface area contributed by atoms with Crippen LogP contribution in [0.5, 0.6) is 0 Å². The van der Waals surface area contributed by atoms with Gasteiger partial charge >= 0.3 is 23.9 Å². The zero-order chi connectivity index (χ0) is 92.5. The second kappa shape index (κ2) is 62.8. The third kappa shape index (κ3) is 40.7. The molecule has 0 spiro atoms. The van der Waals surface area contributed by atoms with Gasteiger partial charge in [0.15, 0.2) is 0 Å². The van der Waals surface area contributed by atoms with Crippen molar-refractivity contribution in [2.24, 2.45) is 23.7 Å². The second-order valence-electron chi connectivity index (χ2n) is 36.3. The number of allylic oxidation sites excluding steroid dienone is 8. The van der Waals surface area contributed by atoms with E-state index < -0.39 is 48.8 Å². The molecule has 16 nitrogen and oxygen atoms in total. The molecule has 4 aromatic carbocycles. The first-order chi connectivity index (χ1) is 60.5. The molecule has 0 amide bonds. The minimum atomic E-state index is -0.456. The molecule has 20 heteroatoms. The van der Waals surface area contributed by atoms with Crippen molar-refractivity contribution in [3.05, 3.63) is 190 Å². The lowest BCUT2D eigenvalue weighted by atomic mass is 9.84. The molecule has 8 rings (SSSR count). The largest absolute Gasteiger partial charge is 0.469 e. The van der Waals surface area contributed by atoms with E-state index in [4.69, 9.17) is 60.6 Å². The average Bonchev–Trinajstić information content (AvgIpc) is 1.67. The number of ether oxygens (including phenoxy) is 4. The van der Waals surface area contributed by atoms with Gasteiger partial charge < -0.3 is 59.8 Å². The fourth-order valence-corrected chi connectivity index (χ4v) is 19.9. The lowest BCUT2D eigenvalue weighted by molar-refractivity contribution is -0.148. The van der Waals surface area contributed by atoms with Crippen LogP contribution in [0.4, 0.5) is 0 Å². The molecular formula is C106H160Cl4O16. The number of hydrogen-bond acceptors (Lipinski definition) is 16. The Balaban J connectivity index is 0.000000298. The lowest BCUT2D eigenvalue weighted by Gasteiger charge is -2.23. The van der Waals surface area contributed by atoms with E-state index in [9.17, 15) is 60.0 Å². The number of carbonyl (C=O) groups excluding carboxylic acids is 4. The third-order valence-corrected chi connectivity index (χ3v) is 27.0. The molecule has 0 heterocycles. The van der Waals surface area contributed by atoms with Crippen LogP contribution in [-0.4, -0.2) is 136 Å². The molecular weight excluding hydrogens is 1670 g/mol. The van der Waals surface area contributed by atoms with Crippen molar-refractivity contribution in [3.8, 4) is 0 Å². The summed E-state index contributed by atoms with van der Waals surface area (Å²) < 4.78 is 20.1. The number of carbonyl (C=O) groups is 4. The second-order valence-corrected chi connectivity index (χ2v) is 38.6.